The fraction of sp³-hybridized carbons (Fsp3) is 0.522. The molecule has 0 bridgehead atoms. The third-order valence-electron chi connectivity index (χ3n) is 6.11. The number of amides is 2. The summed E-state index contributed by atoms with van der Waals surface area (Å²) in [5.74, 6) is -0.531. The number of nitrogens with zero attached hydrogens (tertiary/aromatic N) is 2. The Kier molecular flexibility index (Phi) is 7.19. The van der Waals surface area contributed by atoms with Crippen molar-refractivity contribution in [1.29, 1.82) is 0 Å². The van der Waals surface area contributed by atoms with E-state index in [1.165, 1.54) is 0 Å². The van der Waals surface area contributed by atoms with Gasteiger partial charge in [-0.1, -0.05) is 29.8 Å². The first-order chi connectivity index (χ1) is 14.4. The number of rotatable bonds is 7. The predicted molar refractivity (Wildman–Crippen MR) is 115 cm³/mol. The Bertz CT molecular complexity index is 800. The topological polar surface area (TPSA) is 66.9 Å². The zero-order valence-electron chi connectivity index (χ0n) is 17.4. The molecule has 1 aromatic rings. The molecular formula is C23H29ClN2O4. The Labute approximate surface area is 182 Å². The number of halogens is 1. The van der Waals surface area contributed by atoms with Gasteiger partial charge in [0, 0.05) is 37.6 Å². The molecule has 0 aromatic heterocycles. The van der Waals surface area contributed by atoms with Crippen molar-refractivity contribution in [3.63, 3.8) is 0 Å². The van der Waals surface area contributed by atoms with Crippen LogP contribution in [0.5, 0.6) is 0 Å². The van der Waals surface area contributed by atoms with Crippen molar-refractivity contribution in [3.8, 4) is 0 Å². The summed E-state index contributed by atoms with van der Waals surface area (Å²) in [5, 5.41) is 0.654. The van der Waals surface area contributed by atoms with Gasteiger partial charge >= 0.3 is 5.97 Å². The van der Waals surface area contributed by atoms with Crippen LogP contribution in [0.15, 0.2) is 36.9 Å². The van der Waals surface area contributed by atoms with E-state index < -0.39 is 5.41 Å². The van der Waals surface area contributed by atoms with Crippen molar-refractivity contribution in [2.24, 2.45) is 11.3 Å². The molecule has 1 aromatic carbocycles. The Morgan fingerprint density at radius 1 is 1.27 bits per heavy atom. The zero-order valence-corrected chi connectivity index (χ0v) is 18.2. The van der Waals surface area contributed by atoms with Crippen LogP contribution in [0.25, 0.3) is 0 Å². The largest absolute Gasteiger partial charge is 0.466 e. The van der Waals surface area contributed by atoms with E-state index in [4.69, 9.17) is 16.3 Å². The first-order valence-electron chi connectivity index (χ1n) is 10.5. The van der Waals surface area contributed by atoms with Crippen LogP contribution in [0, 0.1) is 11.3 Å². The van der Waals surface area contributed by atoms with Crippen LogP contribution in [-0.4, -0.2) is 60.4 Å². The summed E-state index contributed by atoms with van der Waals surface area (Å²) in [5.41, 5.74) is 0.370. The minimum Gasteiger partial charge on any atom is -0.466 e. The van der Waals surface area contributed by atoms with Crippen molar-refractivity contribution in [2.45, 2.75) is 32.6 Å². The van der Waals surface area contributed by atoms with Crippen LogP contribution in [0.2, 0.25) is 5.02 Å². The molecule has 30 heavy (non-hydrogen) atoms. The smallest absolute Gasteiger partial charge is 0.312 e. The van der Waals surface area contributed by atoms with Gasteiger partial charge in [0.25, 0.3) is 0 Å². The number of piperidine rings is 1. The molecule has 0 saturated carbocycles. The molecule has 2 heterocycles. The monoisotopic (exact) mass is 432 g/mol. The molecule has 0 spiro atoms. The Hall–Kier alpha value is -2.34. The van der Waals surface area contributed by atoms with Crippen LogP contribution in [0.1, 0.15) is 31.7 Å². The second kappa shape index (κ2) is 9.65. The highest BCUT2D eigenvalue weighted by Gasteiger charge is 2.45. The Morgan fingerprint density at radius 3 is 2.53 bits per heavy atom. The molecular weight excluding hydrogens is 404 g/mol. The number of hydrogen-bond donors (Lipinski definition) is 0. The maximum Gasteiger partial charge on any atom is 0.312 e. The number of hydrogen-bond acceptors (Lipinski definition) is 4. The lowest BCUT2D eigenvalue weighted by atomic mass is 9.73. The lowest BCUT2D eigenvalue weighted by molar-refractivity contribution is -0.160. The van der Waals surface area contributed by atoms with E-state index in [2.05, 4.69) is 6.58 Å². The van der Waals surface area contributed by atoms with E-state index in [1.807, 2.05) is 24.3 Å². The lowest BCUT2D eigenvalue weighted by Gasteiger charge is -2.40. The van der Waals surface area contributed by atoms with Crippen LogP contribution in [-0.2, 0) is 25.5 Å². The minimum absolute atomic E-state index is 0.00105. The highest BCUT2D eigenvalue weighted by atomic mass is 35.5. The molecule has 1 atom stereocenters. The summed E-state index contributed by atoms with van der Waals surface area (Å²) < 4.78 is 5.40. The third-order valence-corrected chi connectivity index (χ3v) is 6.36. The molecule has 162 valence electrons. The van der Waals surface area contributed by atoms with Crippen molar-refractivity contribution >= 4 is 29.4 Å². The van der Waals surface area contributed by atoms with Crippen molar-refractivity contribution < 1.29 is 19.1 Å². The molecule has 2 fully saturated rings. The highest BCUT2D eigenvalue weighted by molar-refractivity contribution is 6.30. The average Bonchev–Trinajstić information content (AvgIpc) is 3.11. The number of likely N-dealkylation sites (tertiary alicyclic amines) is 2. The number of esters is 1. The van der Waals surface area contributed by atoms with E-state index in [1.54, 1.807) is 22.8 Å². The molecule has 0 N–H and O–H groups in total. The first-order valence-corrected chi connectivity index (χ1v) is 10.9. The van der Waals surface area contributed by atoms with Gasteiger partial charge in [0.05, 0.1) is 17.9 Å². The van der Waals surface area contributed by atoms with Gasteiger partial charge in [-0.3, -0.25) is 14.4 Å². The predicted octanol–water partition coefficient (Wildman–Crippen LogP) is 3.09. The van der Waals surface area contributed by atoms with Gasteiger partial charge in [-0.15, -0.1) is 6.58 Å². The maximum absolute atomic E-state index is 13.0. The molecule has 2 aliphatic rings. The SMILES string of the molecule is C=CCN1CC(C(=O)N2CCC(Cc3ccc(Cl)cc3)(C(=O)OCC)CC2)CC1=O. The average molecular weight is 433 g/mol. The van der Waals surface area contributed by atoms with Crippen LogP contribution >= 0.6 is 11.6 Å². The summed E-state index contributed by atoms with van der Waals surface area (Å²) in [6.07, 6.45) is 3.56. The molecule has 2 amide bonds. The van der Waals surface area contributed by atoms with Gasteiger partial charge in [-0.05, 0) is 43.9 Å². The van der Waals surface area contributed by atoms with Crippen LogP contribution in [0.4, 0.5) is 0 Å². The molecule has 1 unspecified atom stereocenters. The fourth-order valence-corrected chi connectivity index (χ4v) is 4.54. The normalized spacial score (nSPS) is 20.9. The van der Waals surface area contributed by atoms with Gasteiger partial charge in [-0.2, -0.15) is 0 Å². The van der Waals surface area contributed by atoms with E-state index in [0.717, 1.165) is 5.56 Å². The number of carbonyl (C=O) groups excluding carboxylic acids is 3. The van der Waals surface area contributed by atoms with E-state index >= 15 is 0 Å². The summed E-state index contributed by atoms with van der Waals surface area (Å²) in [7, 11) is 0. The molecule has 0 aliphatic carbocycles. The zero-order chi connectivity index (χ0) is 21.7. The first kappa shape index (κ1) is 22.3. The molecule has 3 rings (SSSR count). The minimum atomic E-state index is -0.652. The summed E-state index contributed by atoms with van der Waals surface area (Å²) in [6.45, 7) is 7.67. The van der Waals surface area contributed by atoms with Crippen molar-refractivity contribution in [1.82, 2.24) is 9.80 Å². The van der Waals surface area contributed by atoms with Crippen LogP contribution < -0.4 is 0 Å². The molecule has 7 heteroatoms. The van der Waals surface area contributed by atoms with Gasteiger partial charge in [0.1, 0.15) is 0 Å². The van der Waals surface area contributed by atoms with Crippen LogP contribution in [0.3, 0.4) is 0 Å². The summed E-state index contributed by atoms with van der Waals surface area (Å²) >= 11 is 5.99. The van der Waals surface area contributed by atoms with Gasteiger partial charge in [0.2, 0.25) is 11.8 Å². The second-order valence-corrected chi connectivity index (χ2v) is 8.55. The molecule has 2 saturated heterocycles. The van der Waals surface area contributed by atoms with E-state index in [-0.39, 0.29) is 30.1 Å². The Morgan fingerprint density at radius 2 is 1.93 bits per heavy atom. The van der Waals surface area contributed by atoms with Gasteiger partial charge < -0.3 is 14.5 Å². The summed E-state index contributed by atoms with van der Waals surface area (Å²) in [4.78, 5) is 41.4. The number of benzene rings is 1. The van der Waals surface area contributed by atoms with E-state index in [0.29, 0.717) is 57.1 Å². The summed E-state index contributed by atoms with van der Waals surface area (Å²) in [6, 6.07) is 7.50. The Balaban J connectivity index is 1.67. The van der Waals surface area contributed by atoms with E-state index in [9.17, 15) is 14.4 Å². The lowest BCUT2D eigenvalue weighted by Crippen LogP contribution is -2.49. The fourth-order valence-electron chi connectivity index (χ4n) is 4.41. The molecule has 6 nitrogen and oxygen atoms in total. The van der Waals surface area contributed by atoms with Crippen molar-refractivity contribution in [3.05, 3.63) is 47.5 Å². The molecule has 0 radical (unpaired) electrons. The number of ether oxygens (including phenoxy) is 1. The molecule has 2 aliphatic heterocycles. The third kappa shape index (κ3) is 4.86. The highest BCUT2D eigenvalue weighted by Crippen LogP contribution is 2.37. The second-order valence-electron chi connectivity index (χ2n) is 8.12. The quantitative estimate of drug-likeness (QED) is 0.490. The number of carbonyl (C=O) groups is 3. The standard InChI is InChI=1S/C23H29ClN2O4/c1-3-11-26-16-18(14-20(26)27)21(28)25-12-9-23(10-13-25,22(29)30-4-2)15-17-5-7-19(24)8-6-17/h3,5-8,18H,1,4,9-16H2,2H3. The van der Waals surface area contributed by atoms with Crippen molar-refractivity contribution in [2.75, 3.05) is 32.8 Å². The van der Waals surface area contributed by atoms with Gasteiger partial charge in [0.15, 0.2) is 0 Å². The maximum atomic E-state index is 13.0. The van der Waals surface area contributed by atoms with Gasteiger partial charge in [-0.25, -0.2) is 0 Å².